The Labute approximate surface area is 201 Å². The summed E-state index contributed by atoms with van der Waals surface area (Å²) in [6.45, 7) is -0.198. The lowest BCUT2D eigenvalue weighted by molar-refractivity contribution is -0.118. The molecule has 0 radical (unpaired) electrons. The number of fused-ring (bicyclic) bond motifs is 1. The highest BCUT2D eigenvalue weighted by Crippen LogP contribution is 2.29. The van der Waals surface area contributed by atoms with Crippen LogP contribution in [0.5, 0.6) is 17.2 Å². The average molecular weight is 463 g/mol. The van der Waals surface area contributed by atoms with Gasteiger partial charge in [0.1, 0.15) is 22.8 Å². The lowest BCUT2D eigenvalue weighted by atomic mass is 10.0. The summed E-state index contributed by atoms with van der Waals surface area (Å²) in [4.78, 5) is 24.5. The van der Waals surface area contributed by atoms with E-state index in [1.165, 1.54) is 6.07 Å². The van der Waals surface area contributed by atoms with Gasteiger partial charge < -0.3 is 19.2 Å². The fourth-order valence-electron chi connectivity index (χ4n) is 3.67. The first-order valence-electron chi connectivity index (χ1n) is 11.0. The smallest absolute Gasteiger partial charge is 0.336 e. The topological polar surface area (TPSA) is 77.8 Å². The standard InChI is InChI=1S/C29H21NO5/c31-28(30-21-11-13-23(14-12-21)34-22-9-5-2-6-10-22)19-33-24-15-16-25-26(20-7-3-1-4-8-20)18-29(32)35-27(25)17-24/h1-18H,19H2,(H,30,31). The van der Waals surface area contributed by atoms with Crippen LogP contribution in [0.1, 0.15) is 0 Å². The predicted octanol–water partition coefficient (Wildman–Crippen LogP) is 6.27. The van der Waals surface area contributed by atoms with Gasteiger partial charge in [-0.3, -0.25) is 4.79 Å². The van der Waals surface area contributed by atoms with Crippen molar-refractivity contribution in [3.63, 3.8) is 0 Å². The SMILES string of the molecule is O=C(COc1ccc2c(-c3ccccc3)cc(=O)oc2c1)Nc1ccc(Oc2ccccc2)cc1. The largest absolute Gasteiger partial charge is 0.484 e. The molecule has 0 spiro atoms. The quantitative estimate of drug-likeness (QED) is 0.288. The number of nitrogens with one attached hydrogen (secondary N) is 1. The van der Waals surface area contributed by atoms with Gasteiger partial charge in [-0.1, -0.05) is 48.5 Å². The number of para-hydroxylation sites is 1. The molecule has 0 aliphatic rings. The number of hydrogen-bond donors (Lipinski definition) is 1. The van der Waals surface area contributed by atoms with Gasteiger partial charge in [-0.15, -0.1) is 0 Å². The van der Waals surface area contributed by atoms with E-state index >= 15 is 0 Å². The monoisotopic (exact) mass is 463 g/mol. The summed E-state index contributed by atoms with van der Waals surface area (Å²) in [5, 5.41) is 3.57. The zero-order valence-electron chi connectivity index (χ0n) is 18.6. The first kappa shape index (κ1) is 22.0. The minimum atomic E-state index is -0.453. The van der Waals surface area contributed by atoms with Gasteiger partial charge in [0.05, 0.1) is 0 Å². The van der Waals surface area contributed by atoms with E-state index in [2.05, 4.69) is 5.32 Å². The Morgan fingerprint density at radius 3 is 2.14 bits per heavy atom. The van der Waals surface area contributed by atoms with E-state index in [1.807, 2.05) is 66.7 Å². The highest BCUT2D eigenvalue weighted by Gasteiger charge is 2.10. The Morgan fingerprint density at radius 2 is 1.40 bits per heavy atom. The first-order chi connectivity index (χ1) is 17.1. The Hall–Kier alpha value is -4.84. The molecule has 35 heavy (non-hydrogen) atoms. The second-order valence-electron chi connectivity index (χ2n) is 7.78. The van der Waals surface area contributed by atoms with Gasteiger partial charge in [0.25, 0.3) is 5.91 Å². The maximum absolute atomic E-state index is 12.4. The lowest BCUT2D eigenvalue weighted by Crippen LogP contribution is -2.20. The van der Waals surface area contributed by atoms with Crippen molar-refractivity contribution in [3.05, 3.63) is 120 Å². The zero-order chi connectivity index (χ0) is 24.0. The van der Waals surface area contributed by atoms with Crippen molar-refractivity contribution in [1.29, 1.82) is 0 Å². The minimum absolute atomic E-state index is 0.198. The van der Waals surface area contributed by atoms with Gasteiger partial charge in [-0.25, -0.2) is 4.79 Å². The van der Waals surface area contributed by atoms with Gasteiger partial charge in [0.2, 0.25) is 0 Å². The first-order valence-corrected chi connectivity index (χ1v) is 11.0. The van der Waals surface area contributed by atoms with Crippen molar-refractivity contribution >= 4 is 22.6 Å². The number of ether oxygens (including phenoxy) is 2. The number of rotatable bonds is 7. The fourth-order valence-corrected chi connectivity index (χ4v) is 3.67. The van der Waals surface area contributed by atoms with E-state index in [4.69, 9.17) is 13.9 Å². The van der Waals surface area contributed by atoms with Gasteiger partial charge in [0.15, 0.2) is 6.61 Å². The third kappa shape index (κ3) is 5.39. The Morgan fingerprint density at radius 1 is 0.743 bits per heavy atom. The molecule has 5 rings (SSSR count). The van der Waals surface area contributed by atoms with Gasteiger partial charge >= 0.3 is 5.63 Å². The van der Waals surface area contributed by atoms with Gasteiger partial charge in [-0.2, -0.15) is 0 Å². The van der Waals surface area contributed by atoms with E-state index in [9.17, 15) is 9.59 Å². The molecular formula is C29H21NO5. The summed E-state index contributed by atoms with van der Waals surface area (Å²) in [5.74, 6) is 1.51. The maximum atomic E-state index is 12.4. The van der Waals surface area contributed by atoms with E-state index in [0.29, 0.717) is 22.8 Å². The lowest BCUT2D eigenvalue weighted by Gasteiger charge is -2.10. The Bertz CT molecular complexity index is 1510. The molecule has 0 fully saturated rings. The van der Waals surface area contributed by atoms with Crippen molar-refractivity contribution in [3.8, 4) is 28.4 Å². The molecule has 0 saturated carbocycles. The average Bonchev–Trinajstić information content (AvgIpc) is 2.89. The summed E-state index contributed by atoms with van der Waals surface area (Å²) < 4.78 is 16.8. The molecule has 6 nitrogen and oxygen atoms in total. The molecule has 0 saturated heterocycles. The Kier molecular flexibility index (Phi) is 6.26. The van der Waals surface area contributed by atoms with Crippen LogP contribution in [-0.2, 0) is 4.79 Å². The number of benzene rings is 4. The van der Waals surface area contributed by atoms with Crippen LogP contribution in [0, 0.1) is 0 Å². The summed E-state index contributed by atoms with van der Waals surface area (Å²) in [5.41, 5.74) is 2.25. The molecule has 0 aliphatic heterocycles. The maximum Gasteiger partial charge on any atom is 0.336 e. The summed E-state index contributed by atoms with van der Waals surface area (Å²) in [6.07, 6.45) is 0. The number of carbonyl (C=O) groups excluding carboxylic acids is 1. The number of carbonyl (C=O) groups is 1. The van der Waals surface area contributed by atoms with Crippen LogP contribution in [0.4, 0.5) is 5.69 Å². The van der Waals surface area contributed by atoms with E-state index in [-0.39, 0.29) is 12.5 Å². The number of amides is 1. The van der Waals surface area contributed by atoms with E-state index in [0.717, 1.165) is 22.3 Å². The minimum Gasteiger partial charge on any atom is -0.484 e. The van der Waals surface area contributed by atoms with Gasteiger partial charge in [-0.05, 0) is 59.7 Å². The molecule has 1 N–H and O–H groups in total. The molecule has 6 heteroatoms. The molecule has 0 aliphatic carbocycles. The normalized spacial score (nSPS) is 10.6. The van der Waals surface area contributed by atoms with Crippen molar-refractivity contribution < 1.29 is 18.7 Å². The van der Waals surface area contributed by atoms with Crippen molar-refractivity contribution in [2.45, 2.75) is 0 Å². The molecule has 4 aromatic carbocycles. The molecule has 5 aromatic rings. The van der Waals surface area contributed by atoms with Crippen LogP contribution >= 0.6 is 0 Å². The molecular weight excluding hydrogens is 442 g/mol. The third-order valence-corrected chi connectivity index (χ3v) is 5.29. The summed E-state index contributed by atoms with van der Waals surface area (Å²) in [7, 11) is 0. The van der Waals surface area contributed by atoms with Gasteiger partial charge in [0, 0.05) is 23.2 Å². The molecule has 0 atom stereocenters. The Balaban J connectivity index is 1.23. The van der Waals surface area contributed by atoms with Crippen LogP contribution < -0.4 is 20.4 Å². The highest BCUT2D eigenvalue weighted by atomic mass is 16.5. The highest BCUT2D eigenvalue weighted by molar-refractivity contribution is 5.94. The van der Waals surface area contributed by atoms with Crippen LogP contribution in [0.25, 0.3) is 22.1 Å². The molecule has 1 aromatic heterocycles. The summed E-state index contributed by atoms with van der Waals surface area (Å²) >= 11 is 0. The summed E-state index contributed by atoms with van der Waals surface area (Å²) in [6, 6.07) is 32.8. The second-order valence-corrected chi connectivity index (χ2v) is 7.78. The van der Waals surface area contributed by atoms with E-state index in [1.54, 1.807) is 36.4 Å². The van der Waals surface area contributed by atoms with Crippen LogP contribution in [0.3, 0.4) is 0 Å². The van der Waals surface area contributed by atoms with E-state index < -0.39 is 5.63 Å². The van der Waals surface area contributed by atoms with Crippen molar-refractivity contribution in [2.24, 2.45) is 0 Å². The van der Waals surface area contributed by atoms with Crippen LogP contribution in [0.15, 0.2) is 118 Å². The molecule has 1 amide bonds. The van der Waals surface area contributed by atoms with Crippen molar-refractivity contribution in [1.82, 2.24) is 0 Å². The number of hydrogen-bond acceptors (Lipinski definition) is 5. The number of anilines is 1. The fraction of sp³-hybridized carbons (Fsp3) is 0.0345. The molecule has 0 unspecified atom stereocenters. The second kappa shape index (κ2) is 9.97. The molecule has 0 bridgehead atoms. The van der Waals surface area contributed by atoms with Crippen molar-refractivity contribution in [2.75, 3.05) is 11.9 Å². The van der Waals surface area contributed by atoms with Crippen LogP contribution in [-0.4, -0.2) is 12.5 Å². The molecule has 1 heterocycles. The zero-order valence-corrected chi connectivity index (χ0v) is 18.6. The predicted molar refractivity (Wildman–Crippen MR) is 135 cm³/mol. The molecule has 172 valence electrons. The third-order valence-electron chi connectivity index (χ3n) is 5.29. The van der Waals surface area contributed by atoms with Crippen LogP contribution in [0.2, 0.25) is 0 Å².